The molecule has 0 amide bonds. The number of hydrogen-bond donors (Lipinski definition) is 0. The summed E-state index contributed by atoms with van der Waals surface area (Å²) in [7, 11) is 0. The molecule has 0 saturated heterocycles. The van der Waals surface area contributed by atoms with Gasteiger partial charge in [-0.25, -0.2) is 0 Å². The Labute approximate surface area is 120 Å². The van der Waals surface area contributed by atoms with E-state index in [1.807, 2.05) is 26.0 Å². The molecule has 2 heterocycles. The highest BCUT2D eigenvalue weighted by atomic mass is 35.5. The fourth-order valence-electron chi connectivity index (χ4n) is 2.22. The van der Waals surface area contributed by atoms with E-state index in [1.165, 1.54) is 0 Å². The van der Waals surface area contributed by atoms with Crippen LogP contribution in [0.5, 0.6) is 0 Å². The maximum atomic E-state index is 12.5. The lowest BCUT2D eigenvalue weighted by atomic mass is 10.2. The maximum Gasteiger partial charge on any atom is 0.300 e. The quantitative estimate of drug-likeness (QED) is 0.727. The van der Waals surface area contributed by atoms with Gasteiger partial charge in [-0.2, -0.15) is 0 Å². The molecule has 102 valence electrons. The zero-order valence-corrected chi connectivity index (χ0v) is 11.9. The molecule has 0 aliphatic carbocycles. The van der Waals surface area contributed by atoms with Gasteiger partial charge in [0.1, 0.15) is 5.82 Å². The highest BCUT2D eigenvalue weighted by molar-refractivity contribution is 6.31. The Kier molecular flexibility index (Phi) is 3.06. The van der Waals surface area contributed by atoms with Crippen LogP contribution in [0.2, 0.25) is 5.02 Å². The molecule has 0 fully saturated rings. The molecule has 0 N–H and O–H groups in total. The third-order valence-electron chi connectivity index (χ3n) is 3.36. The van der Waals surface area contributed by atoms with E-state index >= 15 is 0 Å². The minimum absolute atomic E-state index is 0.204. The Morgan fingerprint density at radius 2 is 2.05 bits per heavy atom. The van der Waals surface area contributed by atoms with Crippen LogP contribution in [-0.2, 0) is 6.42 Å². The minimum Gasteiger partial charge on any atom is -0.280 e. The number of fused-ring (bicyclic) bond motifs is 1. The van der Waals surface area contributed by atoms with Gasteiger partial charge in [0.25, 0.3) is 0 Å². The summed E-state index contributed by atoms with van der Waals surface area (Å²) in [5.41, 5.74) is 1.73. The van der Waals surface area contributed by atoms with E-state index in [0.29, 0.717) is 10.7 Å². The minimum atomic E-state index is -0.204. The molecule has 0 saturated carbocycles. The van der Waals surface area contributed by atoms with Crippen LogP contribution in [0, 0.1) is 6.92 Å². The SMILES string of the molecule is CCc1nnc2c(=O)n(-c3cccc(Cl)c3C)ccn12. The second-order valence-corrected chi connectivity index (χ2v) is 4.93. The topological polar surface area (TPSA) is 52.2 Å². The predicted octanol–water partition coefficient (Wildman–Crippen LogP) is 2.40. The monoisotopic (exact) mass is 288 g/mol. The van der Waals surface area contributed by atoms with Crippen LogP contribution in [0.25, 0.3) is 11.3 Å². The smallest absolute Gasteiger partial charge is 0.280 e. The van der Waals surface area contributed by atoms with Crippen molar-refractivity contribution in [1.29, 1.82) is 0 Å². The molecule has 0 radical (unpaired) electrons. The molecule has 0 bridgehead atoms. The summed E-state index contributed by atoms with van der Waals surface area (Å²) in [5, 5.41) is 8.63. The van der Waals surface area contributed by atoms with Crippen molar-refractivity contribution in [1.82, 2.24) is 19.2 Å². The predicted molar refractivity (Wildman–Crippen MR) is 77.7 cm³/mol. The Morgan fingerprint density at radius 3 is 2.80 bits per heavy atom. The molecule has 2 aromatic heterocycles. The van der Waals surface area contributed by atoms with Crippen LogP contribution in [0.4, 0.5) is 0 Å². The summed E-state index contributed by atoms with van der Waals surface area (Å²) in [6.07, 6.45) is 4.24. The van der Waals surface area contributed by atoms with Gasteiger partial charge in [-0.1, -0.05) is 24.6 Å². The zero-order chi connectivity index (χ0) is 14.3. The largest absolute Gasteiger partial charge is 0.300 e. The van der Waals surface area contributed by atoms with E-state index in [0.717, 1.165) is 23.5 Å². The van der Waals surface area contributed by atoms with Crippen LogP contribution >= 0.6 is 11.6 Å². The number of rotatable bonds is 2. The lowest BCUT2D eigenvalue weighted by Crippen LogP contribution is -2.21. The molecule has 6 heteroatoms. The van der Waals surface area contributed by atoms with Crippen LogP contribution in [0.1, 0.15) is 18.3 Å². The fourth-order valence-corrected chi connectivity index (χ4v) is 2.39. The molecule has 3 aromatic rings. The van der Waals surface area contributed by atoms with E-state index in [-0.39, 0.29) is 5.56 Å². The number of halogens is 1. The van der Waals surface area contributed by atoms with Gasteiger partial charge in [-0.3, -0.25) is 13.8 Å². The normalized spacial score (nSPS) is 11.2. The molecule has 0 aliphatic heterocycles. The molecule has 0 atom stereocenters. The van der Waals surface area contributed by atoms with E-state index in [9.17, 15) is 4.79 Å². The number of nitrogens with zero attached hydrogens (tertiary/aromatic N) is 4. The Hall–Kier alpha value is -2.14. The van der Waals surface area contributed by atoms with Crippen molar-refractivity contribution in [2.75, 3.05) is 0 Å². The van der Waals surface area contributed by atoms with Gasteiger partial charge < -0.3 is 0 Å². The number of benzene rings is 1. The fraction of sp³-hybridized carbons (Fsp3) is 0.214. The van der Waals surface area contributed by atoms with Crippen molar-refractivity contribution in [3.05, 3.63) is 57.4 Å². The summed E-state index contributed by atoms with van der Waals surface area (Å²) in [5.74, 6) is 0.770. The van der Waals surface area contributed by atoms with E-state index in [2.05, 4.69) is 10.2 Å². The average Bonchev–Trinajstić information content (AvgIpc) is 2.87. The molecule has 3 rings (SSSR count). The Morgan fingerprint density at radius 1 is 1.25 bits per heavy atom. The van der Waals surface area contributed by atoms with Crippen molar-refractivity contribution < 1.29 is 0 Å². The Bertz CT molecular complexity index is 850. The third-order valence-corrected chi connectivity index (χ3v) is 3.77. The first-order valence-electron chi connectivity index (χ1n) is 6.34. The molecule has 5 nitrogen and oxygen atoms in total. The molecule has 20 heavy (non-hydrogen) atoms. The van der Waals surface area contributed by atoms with E-state index in [4.69, 9.17) is 11.6 Å². The van der Waals surface area contributed by atoms with Crippen molar-refractivity contribution in [3.63, 3.8) is 0 Å². The lowest BCUT2D eigenvalue weighted by molar-refractivity contribution is 0.888. The first-order chi connectivity index (χ1) is 9.63. The van der Waals surface area contributed by atoms with Crippen molar-refractivity contribution in [2.24, 2.45) is 0 Å². The van der Waals surface area contributed by atoms with E-state index in [1.54, 1.807) is 27.4 Å². The molecular formula is C14H13ClN4O. The summed E-state index contributed by atoms with van der Waals surface area (Å²) in [6.45, 7) is 3.86. The number of hydrogen-bond acceptors (Lipinski definition) is 3. The van der Waals surface area contributed by atoms with Gasteiger partial charge in [0.05, 0.1) is 5.69 Å². The number of aromatic nitrogens is 4. The van der Waals surface area contributed by atoms with Crippen LogP contribution in [0.15, 0.2) is 35.4 Å². The van der Waals surface area contributed by atoms with Crippen molar-refractivity contribution in [2.45, 2.75) is 20.3 Å². The molecule has 0 unspecified atom stereocenters. The van der Waals surface area contributed by atoms with Gasteiger partial charge in [0.2, 0.25) is 5.65 Å². The maximum absolute atomic E-state index is 12.5. The highest BCUT2D eigenvalue weighted by Gasteiger charge is 2.12. The summed E-state index contributed by atoms with van der Waals surface area (Å²) < 4.78 is 3.27. The van der Waals surface area contributed by atoms with Gasteiger partial charge in [0.15, 0.2) is 0 Å². The van der Waals surface area contributed by atoms with Crippen LogP contribution < -0.4 is 5.56 Å². The zero-order valence-electron chi connectivity index (χ0n) is 11.2. The van der Waals surface area contributed by atoms with Gasteiger partial charge in [0, 0.05) is 23.8 Å². The average molecular weight is 289 g/mol. The molecule has 0 aliphatic rings. The van der Waals surface area contributed by atoms with Crippen molar-refractivity contribution in [3.8, 4) is 5.69 Å². The second kappa shape index (κ2) is 4.76. The Balaban J connectivity index is 2.30. The first kappa shape index (κ1) is 12.9. The van der Waals surface area contributed by atoms with Gasteiger partial charge in [-0.05, 0) is 24.6 Å². The highest BCUT2D eigenvalue weighted by Crippen LogP contribution is 2.21. The molecular weight excluding hydrogens is 276 g/mol. The standard InChI is InChI=1S/C14H13ClN4O/c1-3-12-16-17-13-14(20)18(7-8-19(12)13)11-6-4-5-10(15)9(11)2/h4-8H,3H2,1-2H3. The summed E-state index contributed by atoms with van der Waals surface area (Å²) in [4.78, 5) is 12.5. The lowest BCUT2D eigenvalue weighted by Gasteiger charge is -2.10. The first-order valence-corrected chi connectivity index (χ1v) is 6.72. The second-order valence-electron chi connectivity index (χ2n) is 4.52. The van der Waals surface area contributed by atoms with Gasteiger partial charge >= 0.3 is 5.56 Å². The van der Waals surface area contributed by atoms with Crippen LogP contribution in [0.3, 0.4) is 0 Å². The van der Waals surface area contributed by atoms with Crippen LogP contribution in [-0.4, -0.2) is 19.2 Å². The van der Waals surface area contributed by atoms with Crippen molar-refractivity contribution >= 4 is 17.2 Å². The number of aryl methyl sites for hydroxylation is 1. The van der Waals surface area contributed by atoms with E-state index < -0.39 is 0 Å². The summed E-state index contributed by atoms with van der Waals surface area (Å²) in [6, 6.07) is 5.48. The summed E-state index contributed by atoms with van der Waals surface area (Å²) >= 11 is 6.11. The molecule has 0 spiro atoms. The third kappa shape index (κ3) is 1.82. The molecule has 1 aromatic carbocycles. The van der Waals surface area contributed by atoms with Gasteiger partial charge in [-0.15, -0.1) is 10.2 Å².